The molecule has 0 N–H and O–H groups in total. The number of amides is 1. The van der Waals surface area contributed by atoms with E-state index in [4.69, 9.17) is 0 Å². The lowest BCUT2D eigenvalue weighted by atomic mass is 9.90. The van der Waals surface area contributed by atoms with Crippen LogP contribution in [0.1, 0.15) is 30.4 Å². The molecule has 0 aliphatic heterocycles. The SMILES string of the molecule is C=C(C)CCN(C#N)C(=O)C(c1ccccc1)c1ccccc1. The first-order valence-electron chi connectivity index (χ1n) is 7.59. The van der Waals surface area contributed by atoms with Gasteiger partial charge < -0.3 is 0 Å². The Morgan fingerprint density at radius 3 is 1.96 bits per heavy atom. The summed E-state index contributed by atoms with van der Waals surface area (Å²) in [5, 5.41) is 9.38. The molecule has 0 aliphatic carbocycles. The van der Waals surface area contributed by atoms with Crippen LogP contribution in [0.3, 0.4) is 0 Å². The second kappa shape index (κ2) is 7.95. The van der Waals surface area contributed by atoms with E-state index >= 15 is 0 Å². The molecule has 0 aliphatic rings. The first kappa shape index (κ1) is 16.5. The van der Waals surface area contributed by atoms with E-state index in [9.17, 15) is 10.1 Å². The maximum absolute atomic E-state index is 13.0. The predicted octanol–water partition coefficient (Wildman–Crippen LogP) is 4.09. The molecule has 0 unspecified atom stereocenters. The van der Waals surface area contributed by atoms with Crippen LogP contribution in [-0.2, 0) is 4.79 Å². The summed E-state index contributed by atoms with van der Waals surface area (Å²) in [7, 11) is 0. The molecule has 0 bridgehead atoms. The summed E-state index contributed by atoms with van der Waals surface area (Å²) < 4.78 is 0. The van der Waals surface area contributed by atoms with Crippen molar-refractivity contribution in [1.82, 2.24) is 4.90 Å². The maximum atomic E-state index is 13.0. The Hall–Kier alpha value is -2.86. The summed E-state index contributed by atoms with van der Waals surface area (Å²) in [6, 6.07) is 19.1. The van der Waals surface area contributed by atoms with E-state index in [-0.39, 0.29) is 5.91 Å². The highest BCUT2D eigenvalue weighted by molar-refractivity contribution is 5.88. The van der Waals surface area contributed by atoms with Crippen molar-refractivity contribution in [1.29, 1.82) is 5.26 Å². The molecule has 116 valence electrons. The lowest BCUT2D eigenvalue weighted by Gasteiger charge is -2.22. The van der Waals surface area contributed by atoms with Crippen LogP contribution in [0.4, 0.5) is 0 Å². The van der Waals surface area contributed by atoms with Crippen molar-refractivity contribution >= 4 is 5.91 Å². The second-order valence-electron chi connectivity index (χ2n) is 5.55. The van der Waals surface area contributed by atoms with E-state index in [1.807, 2.05) is 73.8 Å². The molecule has 2 aromatic rings. The summed E-state index contributed by atoms with van der Waals surface area (Å²) in [5.74, 6) is -0.673. The minimum Gasteiger partial charge on any atom is -0.273 e. The molecular weight excluding hydrogens is 284 g/mol. The van der Waals surface area contributed by atoms with Crippen LogP contribution in [0, 0.1) is 11.5 Å². The van der Waals surface area contributed by atoms with E-state index < -0.39 is 5.92 Å². The molecule has 1 amide bonds. The van der Waals surface area contributed by atoms with E-state index in [0.717, 1.165) is 16.7 Å². The lowest BCUT2D eigenvalue weighted by Crippen LogP contribution is -2.32. The van der Waals surface area contributed by atoms with Gasteiger partial charge in [0.2, 0.25) is 5.91 Å². The fourth-order valence-corrected chi connectivity index (χ4v) is 2.44. The standard InChI is InChI=1S/C20H20N2O/c1-16(2)13-14-22(15-21)20(23)19(17-9-5-3-6-10-17)18-11-7-4-8-12-18/h3-12,19H,1,13-14H2,2H3. The van der Waals surface area contributed by atoms with E-state index in [1.165, 1.54) is 4.90 Å². The topological polar surface area (TPSA) is 44.1 Å². The first-order chi connectivity index (χ1) is 11.1. The van der Waals surface area contributed by atoms with Crippen LogP contribution in [-0.4, -0.2) is 17.4 Å². The Bertz CT molecular complexity index is 662. The van der Waals surface area contributed by atoms with E-state index in [0.29, 0.717) is 13.0 Å². The van der Waals surface area contributed by atoms with Crippen LogP contribution in [0.25, 0.3) is 0 Å². The zero-order chi connectivity index (χ0) is 16.7. The summed E-state index contributed by atoms with van der Waals surface area (Å²) in [6.45, 7) is 6.09. The van der Waals surface area contributed by atoms with Crippen LogP contribution in [0.5, 0.6) is 0 Å². The molecule has 0 spiro atoms. The monoisotopic (exact) mass is 304 g/mol. The number of carbonyl (C=O) groups excluding carboxylic acids is 1. The van der Waals surface area contributed by atoms with Gasteiger partial charge in [-0.25, -0.2) is 4.90 Å². The second-order valence-corrected chi connectivity index (χ2v) is 5.55. The van der Waals surface area contributed by atoms with Crippen molar-refractivity contribution in [3.63, 3.8) is 0 Å². The van der Waals surface area contributed by atoms with Crippen LogP contribution in [0.15, 0.2) is 72.8 Å². The number of benzene rings is 2. The van der Waals surface area contributed by atoms with Crippen molar-refractivity contribution in [2.75, 3.05) is 6.54 Å². The molecular formula is C20H20N2O. The molecule has 0 saturated heterocycles. The Kier molecular flexibility index (Phi) is 5.71. The Morgan fingerprint density at radius 2 is 1.57 bits per heavy atom. The third-order valence-corrected chi connectivity index (χ3v) is 3.66. The molecule has 0 heterocycles. The summed E-state index contributed by atoms with van der Waals surface area (Å²) in [5.41, 5.74) is 2.73. The third-order valence-electron chi connectivity index (χ3n) is 3.66. The number of hydrogen-bond donors (Lipinski definition) is 0. The molecule has 2 rings (SSSR count). The average Bonchev–Trinajstić information content (AvgIpc) is 2.57. The van der Waals surface area contributed by atoms with Gasteiger partial charge in [0.05, 0.1) is 5.92 Å². The molecule has 0 fully saturated rings. The number of carbonyl (C=O) groups is 1. The summed E-state index contributed by atoms with van der Waals surface area (Å²) in [6.07, 6.45) is 2.64. The van der Waals surface area contributed by atoms with E-state index in [2.05, 4.69) is 6.58 Å². The number of nitrogens with zero attached hydrogens (tertiary/aromatic N) is 2. The number of nitriles is 1. The fraction of sp³-hybridized carbons (Fsp3) is 0.200. The lowest BCUT2D eigenvalue weighted by molar-refractivity contribution is -0.128. The van der Waals surface area contributed by atoms with E-state index in [1.54, 1.807) is 0 Å². The van der Waals surface area contributed by atoms with Crippen LogP contribution >= 0.6 is 0 Å². The zero-order valence-corrected chi connectivity index (χ0v) is 13.3. The molecule has 0 saturated carbocycles. The van der Waals surface area contributed by atoms with Gasteiger partial charge in [0, 0.05) is 6.54 Å². The molecule has 3 heteroatoms. The Labute approximate surface area is 137 Å². The van der Waals surface area contributed by atoms with Gasteiger partial charge in [-0.05, 0) is 24.5 Å². The average molecular weight is 304 g/mol. The van der Waals surface area contributed by atoms with Gasteiger partial charge in [-0.3, -0.25) is 4.79 Å². The van der Waals surface area contributed by atoms with Gasteiger partial charge in [-0.15, -0.1) is 6.58 Å². The molecule has 3 nitrogen and oxygen atoms in total. The van der Waals surface area contributed by atoms with Gasteiger partial charge in [-0.1, -0.05) is 66.2 Å². The van der Waals surface area contributed by atoms with Crippen molar-refractivity contribution in [3.05, 3.63) is 83.9 Å². The predicted molar refractivity (Wildman–Crippen MR) is 91.5 cm³/mol. The highest BCUT2D eigenvalue weighted by Gasteiger charge is 2.27. The van der Waals surface area contributed by atoms with Crippen molar-refractivity contribution in [3.8, 4) is 6.19 Å². The Balaban J connectivity index is 2.36. The molecule has 0 radical (unpaired) electrons. The third kappa shape index (κ3) is 4.31. The van der Waals surface area contributed by atoms with Crippen molar-refractivity contribution < 1.29 is 4.79 Å². The van der Waals surface area contributed by atoms with Crippen molar-refractivity contribution in [2.24, 2.45) is 0 Å². The fourth-order valence-electron chi connectivity index (χ4n) is 2.44. The quantitative estimate of drug-likeness (QED) is 0.458. The van der Waals surface area contributed by atoms with Gasteiger partial charge in [0.15, 0.2) is 6.19 Å². The summed E-state index contributed by atoms with van der Waals surface area (Å²) in [4.78, 5) is 14.2. The van der Waals surface area contributed by atoms with Crippen LogP contribution in [0.2, 0.25) is 0 Å². The van der Waals surface area contributed by atoms with Gasteiger partial charge in [0.25, 0.3) is 0 Å². The van der Waals surface area contributed by atoms with Gasteiger partial charge >= 0.3 is 0 Å². The Morgan fingerprint density at radius 1 is 1.09 bits per heavy atom. The van der Waals surface area contributed by atoms with Crippen molar-refractivity contribution in [2.45, 2.75) is 19.3 Å². The molecule has 0 atom stereocenters. The number of hydrogen-bond acceptors (Lipinski definition) is 2. The van der Waals surface area contributed by atoms with Gasteiger partial charge in [-0.2, -0.15) is 5.26 Å². The normalized spacial score (nSPS) is 10.1. The minimum absolute atomic E-state index is 0.203. The minimum atomic E-state index is -0.470. The molecule has 0 aromatic heterocycles. The smallest absolute Gasteiger partial charge is 0.247 e. The zero-order valence-electron chi connectivity index (χ0n) is 13.3. The highest BCUT2D eigenvalue weighted by Crippen LogP contribution is 2.26. The van der Waals surface area contributed by atoms with Gasteiger partial charge in [0.1, 0.15) is 0 Å². The largest absolute Gasteiger partial charge is 0.273 e. The molecule has 2 aromatic carbocycles. The summed E-state index contributed by atoms with van der Waals surface area (Å²) >= 11 is 0. The first-order valence-corrected chi connectivity index (χ1v) is 7.59. The molecule has 23 heavy (non-hydrogen) atoms. The maximum Gasteiger partial charge on any atom is 0.247 e. The number of rotatable bonds is 6. The van der Waals surface area contributed by atoms with Crippen LogP contribution < -0.4 is 0 Å². The highest BCUT2D eigenvalue weighted by atomic mass is 16.2.